The topological polar surface area (TPSA) is 70.2 Å². The lowest BCUT2D eigenvalue weighted by atomic mass is 10.1. The average Bonchev–Trinajstić information content (AvgIpc) is 2.47. The minimum Gasteiger partial charge on any atom is -0.342 e. The van der Waals surface area contributed by atoms with Crippen molar-refractivity contribution >= 4 is 17.1 Å². The smallest absolute Gasteiger partial charge is 0.287 e. The summed E-state index contributed by atoms with van der Waals surface area (Å²) in [7, 11) is 0. The Bertz CT molecular complexity index is 720. The molecule has 0 fully saturated rings. The minimum absolute atomic E-state index is 0.0728. The fourth-order valence-electron chi connectivity index (χ4n) is 2.25. The van der Waals surface area contributed by atoms with Gasteiger partial charge in [-0.2, -0.15) is 5.26 Å². The Balaban J connectivity index is 2.49. The van der Waals surface area contributed by atoms with Gasteiger partial charge in [0.15, 0.2) is 0 Å². The standard InChI is InChI=1S/C16H15N3O2/c1-3-18(14-6-4-5-12(2)9-14)15-7-8-16(19(20)21)13(10-15)11-17/h4-10H,3H2,1-2H3. The van der Waals surface area contributed by atoms with Crippen LogP contribution in [0.1, 0.15) is 18.1 Å². The van der Waals surface area contributed by atoms with Crippen molar-refractivity contribution in [1.82, 2.24) is 0 Å². The van der Waals surface area contributed by atoms with Gasteiger partial charge in [0, 0.05) is 24.0 Å². The number of nitro groups is 1. The third kappa shape index (κ3) is 3.00. The van der Waals surface area contributed by atoms with E-state index in [9.17, 15) is 10.1 Å². The fraction of sp³-hybridized carbons (Fsp3) is 0.188. The Morgan fingerprint density at radius 2 is 1.95 bits per heavy atom. The number of benzene rings is 2. The summed E-state index contributed by atoms with van der Waals surface area (Å²) in [4.78, 5) is 12.4. The van der Waals surface area contributed by atoms with E-state index < -0.39 is 4.92 Å². The largest absolute Gasteiger partial charge is 0.342 e. The molecule has 2 aromatic rings. The summed E-state index contributed by atoms with van der Waals surface area (Å²) in [6, 6.07) is 14.5. The molecule has 0 atom stereocenters. The first-order valence-electron chi connectivity index (χ1n) is 6.59. The zero-order valence-corrected chi connectivity index (χ0v) is 11.9. The molecule has 0 unspecified atom stereocenters. The van der Waals surface area contributed by atoms with Gasteiger partial charge in [0.05, 0.1) is 4.92 Å². The lowest BCUT2D eigenvalue weighted by Gasteiger charge is -2.23. The Labute approximate surface area is 123 Å². The first-order valence-corrected chi connectivity index (χ1v) is 6.59. The monoisotopic (exact) mass is 281 g/mol. The lowest BCUT2D eigenvalue weighted by molar-refractivity contribution is -0.385. The molecule has 0 aromatic heterocycles. The highest BCUT2D eigenvalue weighted by atomic mass is 16.6. The van der Waals surface area contributed by atoms with Crippen LogP contribution in [0, 0.1) is 28.4 Å². The van der Waals surface area contributed by atoms with Gasteiger partial charge < -0.3 is 4.90 Å². The molecular formula is C16H15N3O2. The summed E-state index contributed by atoms with van der Waals surface area (Å²) in [5, 5.41) is 20.0. The van der Waals surface area contributed by atoms with Gasteiger partial charge >= 0.3 is 0 Å². The van der Waals surface area contributed by atoms with E-state index in [1.54, 1.807) is 12.1 Å². The average molecular weight is 281 g/mol. The van der Waals surface area contributed by atoms with Crippen molar-refractivity contribution in [2.45, 2.75) is 13.8 Å². The molecule has 5 heteroatoms. The number of hydrogen-bond acceptors (Lipinski definition) is 4. The van der Waals surface area contributed by atoms with Gasteiger partial charge in [-0.1, -0.05) is 12.1 Å². The van der Waals surface area contributed by atoms with E-state index in [0.717, 1.165) is 16.9 Å². The van der Waals surface area contributed by atoms with Crippen LogP contribution in [-0.4, -0.2) is 11.5 Å². The third-order valence-corrected chi connectivity index (χ3v) is 3.24. The molecule has 0 spiro atoms. The van der Waals surface area contributed by atoms with Crippen LogP contribution in [0.4, 0.5) is 17.1 Å². The molecule has 0 aliphatic carbocycles. The van der Waals surface area contributed by atoms with E-state index in [1.807, 2.05) is 49.1 Å². The second kappa shape index (κ2) is 6.06. The van der Waals surface area contributed by atoms with Gasteiger partial charge in [-0.3, -0.25) is 10.1 Å². The maximum atomic E-state index is 10.9. The Hall–Kier alpha value is -2.87. The fourth-order valence-corrected chi connectivity index (χ4v) is 2.25. The quantitative estimate of drug-likeness (QED) is 0.628. The molecule has 21 heavy (non-hydrogen) atoms. The zero-order chi connectivity index (χ0) is 15.4. The van der Waals surface area contributed by atoms with Crippen molar-refractivity contribution in [3.8, 4) is 6.07 Å². The van der Waals surface area contributed by atoms with Gasteiger partial charge in [-0.05, 0) is 43.7 Å². The molecule has 106 valence electrons. The molecule has 0 aliphatic rings. The minimum atomic E-state index is -0.536. The Morgan fingerprint density at radius 3 is 2.52 bits per heavy atom. The molecule has 0 bridgehead atoms. The molecule has 0 N–H and O–H groups in total. The molecule has 0 saturated heterocycles. The normalized spacial score (nSPS) is 9.95. The van der Waals surface area contributed by atoms with Crippen molar-refractivity contribution in [2.24, 2.45) is 0 Å². The van der Waals surface area contributed by atoms with E-state index in [2.05, 4.69) is 0 Å². The summed E-state index contributed by atoms with van der Waals surface area (Å²) in [6.07, 6.45) is 0. The maximum absolute atomic E-state index is 10.9. The number of aryl methyl sites for hydroxylation is 1. The van der Waals surface area contributed by atoms with Crippen molar-refractivity contribution in [3.05, 3.63) is 63.7 Å². The first-order chi connectivity index (χ1) is 10.1. The van der Waals surface area contributed by atoms with Crippen LogP contribution in [0.25, 0.3) is 0 Å². The highest BCUT2D eigenvalue weighted by Gasteiger charge is 2.16. The van der Waals surface area contributed by atoms with Crippen molar-refractivity contribution in [2.75, 3.05) is 11.4 Å². The lowest BCUT2D eigenvalue weighted by Crippen LogP contribution is -2.16. The Kier molecular flexibility index (Phi) is 4.19. The van der Waals surface area contributed by atoms with Crippen LogP contribution >= 0.6 is 0 Å². The molecule has 2 aromatic carbocycles. The number of anilines is 2. The summed E-state index contributed by atoms with van der Waals surface area (Å²) in [6.45, 7) is 4.70. The molecule has 0 aliphatic heterocycles. The molecular weight excluding hydrogens is 266 g/mol. The summed E-state index contributed by atoms with van der Waals surface area (Å²) < 4.78 is 0. The molecule has 0 heterocycles. The first kappa shape index (κ1) is 14.5. The van der Waals surface area contributed by atoms with E-state index in [0.29, 0.717) is 6.54 Å². The van der Waals surface area contributed by atoms with Crippen LogP contribution in [-0.2, 0) is 0 Å². The molecule has 2 rings (SSSR count). The highest BCUT2D eigenvalue weighted by Crippen LogP contribution is 2.29. The second-order valence-corrected chi connectivity index (χ2v) is 4.65. The van der Waals surface area contributed by atoms with E-state index in [1.165, 1.54) is 6.07 Å². The van der Waals surface area contributed by atoms with Crippen LogP contribution in [0.15, 0.2) is 42.5 Å². The van der Waals surface area contributed by atoms with E-state index >= 15 is 0 Å². The Morgan fingerprint density at radius 1 is 1.24 bits per heavy atom. The number of nitrogens with zero attached hydrogens (tertiary/aromatic N) is 3. The summed E-state index contributed by atoms with van der Waals surface area (Å²) >= 11 is 0. The van der Waals surface area contributed by atoms with Crippen molar-refractivity contribution in [1.29, 1.82) is 5.26 Å². The number of rotatable bonds is 4. The van der Waals surface area contributed by atoms with Crippen LogP contribution < -0.4 is 4.90 Å². The molecule has 0 amide bonds. The SMILES string of the molecule is CCN(c1cccc(C)c1)c1ccc([N+](=O)[O-])c(C#N)c1. The van der Waals surface area contributed by atoms with E-state index in [-0.39, 0.29) is 11.3 Å². The third-order valence-electron chi connectivity index (χ3n) is 3.24. The van der Waals surface area contributed by atoms with Crippen LogP contribution in [0.3, 0.4) is 0 Å². The predicted molar refractivity (Wildman–Crippen MR) is 81.7 cm³/mol. The predicted octanol–water partition coefficient (Wildman–Crippen LogP) is 3.93. The summed E-state index contributed by atoms with van der Waals surface area (Å²) in [5.74, 6) is 0. The van der Waals surface area contributed by atoms with Crippen LogP contribution in [0.2, 0.25) is 0 Å². The molecule has 5 nitrogen and oxygen atoms in total. The molecule has 0 saturated carbocycles. The van der Waals surface area contributed by atoms with Gasteiger partial charge in [0.1, 0.15) is 11.6 Å². The number of nitriles is 1. The van der Waals surface area contributed by atoms with Gasteiger partial charge in [0.25, 0.3) is 5.69 Å². The highest BCUT2D eigenvalue weighted by molar-refractivity contribution is 5.68. The van der Waals surface area contributed by atoms with Crippen molar-refractivity contribution < 1.29 is 4.92 Å². The second-order valence-electron chi connectivity index (χ2n) is 4.65. The number of hydrogen-bond donors (Lipinski definition) is 0. The number of nitro benzene ring substituents is 1. The van der Waals surface area contributed by atoms with E-state index in [4.69, 9.17) is 5.26 Å². The van der Waals surface area contributed by atoms with Crippen LogP contribution in [0.5, 0.6) is 0 Å². The zero-order valence-electron chi connectivity index (χ0n) is 11.9. The van der Waals surface area contributed by atoms with Crippen molar-refractivity contribution in [3.63, 3.8) is 0 Å². The molecule has 0 radical (unpaired) electrons. The van der Waals surface area contributed by atoms with Gasteiger partial charge in [-0.15, -0.1) is 0 Å². The van der Waals surface area contributed by atoms with Gasteiger partial charge in [-0.25, -0.2) is 0 Å². The maximum Gasteiger partial charge on any atom is 0.287 e. The summed E-state index contributed by atoms with van der Waals surface area (Å²) in [5.41, 5.74) is 2.80. The van der Waals surface area contributed by atoms with Gasteiger partial charge in [0.2, 0.25) is 0 Å².